The number of fused-ring (bicyclic) bond motifs is 2. The number of carbonyl (C=O) groups excluding carboxylic acids is 1. The van der Waals surface area contributed by atoms with Gasteiger partial charge in [-0.25, -0.2) is 17.2 Å². The van der Waals surface area contributed by atoms with Gasteiger partial charge >= 0.3 is 0 Å². The van der Waals surface area contributed by atoms with Gasteiger partial charge in [0, 0.05) is 65.7 Å². The number of hydrogen-bond donors (Lipinski definition) is 1. The maximum Gasteiger partial charge on any atom is 0.262 e. The molecule has 0 bridgehead atoms. The number of aromatic nitrogens is 2. The number of rotatable bonds is 8. The number of nitrogens with one attached hydrogen (secondary N) is 1. The maximum absolute atomic E-state index is 14.7. The molecule has 3 heterocycles. The van der Waals surface area contributed by atoms with E-state index in [4.69, 9.17) is 9.15 Å². The Morgan fingerprint density at radius 3 is 2.28 bits per heavy atom. The van der Waals surface area contributed by atoms with Gasteiger partial charge in [0.05, 0.1) is 35.8 Å². The quantitative estimate of drug-likeness (QED) is 0.172. The number of para-hydroxylation sites is 1. The highest BCUT2D eigenvalue weighted by molar-refractivity contribution is 7.92. The largest absolute Gasteiger partial charge is 0.496 e. The number of halogens is 2. The fourth-order valence-electron chi connectivity index (χ4n) is 6.02. The van der Waals surface area contributed by atoms with E-state index in [-0.39, 0.29) is 22.6 Å². The predicted octanol–water partition coefficient (Wildman–Crippen LogP) is 8.27. The van der Waals surface area contributed by atoms with Crippen LogP contribution in [-0.2, 0) is 10.0 Å². The molecule has 0 atom stereocenters. The normalized spacial score (nSPS) is 11.6. The Hall–Kier alpha value is -6.01. The number of pyridine rings is 1. The standard InChI is InChI=1S/C38H30F2N4O5S/c1-43(26-14-16-41-17-15-26)38(45)35-29-20-27(23-10-13-33(48-3)28(18-23)31-19-24-6-5-7-30(40)36(24)42-31)32(44(2)50(4,46)47)21-34(29)49-37(35)22-8-11-25(39)12-9-22/h5-21,42H,1-4H3. The number of sulfonamides is 1. The number of benzene rings is 4. The first kappa shape index (κ1) is 32.5. The summed E-state index contributed by atoms with van der Waals surface area (Å²) >= 11 is 0. The van der Waals surface area contributed by atoms with E-state index in [9.17, 15) is 22.0 Å². The number of carbonyl (C=O) groups is 1. The van der Waals surface area contributed by atoms with Gasteiger partial charge in [-0.05, 0) is 72.3 Å². The lowest BCUT2D eigenvalue weighted by atomic mass is 9.96. The SMILES string of the molecule is COc1ccc(-c2cc3c(C(=O)N(C)c4ccncc4)c(-c4ccc(F)cc4)oc3cc2N(C)S(C)(=O)=O)cc1-c1cc2cccc(F)c2[nH]1. The van der Waals surface area contributed by atoms with E-state index in [1.54, 1.807) is 68.0 Å². The molecule has 0 saturated heterocycles. The zero-order valence-corrected chi connectivity index (χ0v) is 28.2. The van der Waals surface area contributed by atoms with Crippen molar-refractivity contribution in [2.75, 3.05) is 36.7 Å². The zero-order chi connectivity index (χ0) is 35.3. The van der Waals surface area contributed by atoms with Crippen LogP contribution in [0.2, 0.25) is 0 Å². The van der Waals surface area contributed by atoms with Gasteiger partial charge in [0.1, 0.15) is 28.7 Å². The van der Waals surface area contributed by atoms with E-state index >= 15 is 0 Å². The Morgan fingerprint density at radius 2 is 1.60 bits per heavy atom. The van der Waals surface area contributed by atoms with Crippen LogP contribution in [0.4, 0.5) is 20.2 Å². The molecule has 1 N–H and O–H groups in total. The van der Waals surface area contributed by atoms with Gasteiger partial charge in [-0.15, -0.1) is 0 Å². The average molecular weight is 693 g/mol. The lowest BCUT2D eigenvalue weighted by molar-refractivity contribution is 0.0994. The van der Waals surface area contributed by atoms with Crippen molar-refractivity contribution in [3.8, 4) is 39.5 Å². The van der Waals surface area contributed by atoms with Crippen LogP contribution < -0.4 is 13.9 Å². The lowest BCUT2D eigenvalue weighted by Gasteiger charge is -2.21. The first-order valence-corrected chi connectivity index (χ1v) is 17.2. The minimum absolute atomic E-state index is 0.187. The molecule has 0 unspecified atom stereocenters. The molecule has 252 valence electrons. The molecule has 0 aliphatic carbocycles. The van der Waals surface area contributed by atoms with Gasteiger partial charge in [-0.3, -0.25) is 14.1 Å². The van der Waals surface area contributed by atoms with E-state index in [1.165, 1.54) is 49.4 Å². The van der Waals surface area contributed by atoms with Crippen molar-refractivity contribution in [3.63, 3.8) is 0 Å². The number of methoxy groups -OCH3 is 1. The molecule has 0 radical (unpaired) electrons. The van der Waals surface area contributed by atoms with Crippen molar-refractivity contribution in [2.24, 2.45) is 0 Å². The Bertz CT molecular complexity index is 2530. The fraction of sp³-hybridized carbons (Fsp3) is 0.105. The average Bonchev–Trinajstić information content (AvgIpc) is 3.73. The van der Waals surface area contributed by atoms with Crippen LogP contribution in [-0.4, -0.2) is 51.8 Å². The van der Waals surface area contributed by atoms with Crippen LogP contribution in [0.1, 0.15) is 10.4 Å². The third-order valence-corrected chi connectivity index (χ3v) is 9.92. The van der Waals surface area contributed by atoms with E-state index in [2.05, 4.69) is 9.97 Å². The van der Waals surface area contributed by atoms with E-state index < -0.39 is 27.6 Å². The Kier molecular flexibility index (Phi) is 8.11. The van der Waals surface area contributed by atoms with Crippen LogP contribution in [0.5, 0.6) is 5.75 Å². The highest BCUT2D eigenvalue weighted by atomic mass is 32.2. The highest BCUT2D eigenvalue weighted by Crippen LogP contribution is 2.44. The summed E-state index contributed by atoms with van der Waals surface area (Å²) in [6.45, 7) is 0. The number of furan rings is 1. The second-order valence-electron chi connectivity index (χ2n) is 11.8. The minimum Gasteiger partial charge on any atom is -0.496 e. The molecule has 0 aliphatic heterocycles. The van der Waals surface area contributed by atoms with E-state index in [0.717, 1.165) is 10.6 Å². The van der Waals surface area contributed by atoms with Gasteiger partial charge in [-0.2, -0.15) is 0 Å². The Morgan fingerprint density at radius 1 is 0.880 bits per heavy atom. The third-order valence-electron chi connectivity index (χ3n) is 8.72. The monoisotopic (exact) mass is 692 g/mol. The molecule has 3 aromatic heterocycles. The van der Waals surface area contributed by atoms with Gasteiger partial charge < -0.3 is 19.0 Å². The zero-order valence-electron chi connectivity index (χ0n) is 27.4. The fourth-order valence-corrected chi connectivity index (χ4v) is 6.53. The Balaban J connectivity index is 1.50. The summed E-state index contributed by atoms with van der Waals surface area (Å²) in [6, 6.07) is 24.2. The van der Waals surface area contributed by atoms with Gasteiger partial charge in [-0.1, -0.05) is 18.2 Å². The van der Waals surface area contributed by atoms with E-state index in [0.29, 0.717) is 55.7 Å². The number of H-pyrrole nitrogens is 1. The van der Waals surface area contributed by atoms with Crippen molar-refractivity contribution in [1.29, 1.82) is 0 Å². The molecule has 7 aromatic rings. The molecule has 4 aromatic carbocycles. The highest BCUT2D eigenvalue weighted by Gasteiger charge is 2.29. The van der Waals surface area contributed by atoms with Crippen molar-refractivity contribution < 1.29 is 31.1 Å². The topological polar surface area (TPSA) is 109 Å². The predicted molar refractivity (Wildman–Crippen MR) is 191 cm³/mol. The minimum atomic E-state index is -3.78. The maximum atomic E-state index is 14.7. The van der Waals surface area contributed by atoms with Crippen molar-refractivity contribution >= 4 is 49.2 Å². The smallest absolute Gasteiger partial charge is 0.262 e. The summed E-state index contributed by atoms with van der Waals surface area (Å²) in [6.07, 6.45) is 4.23. The molecular weight excluding hydrogens is 663 g/mol. The summed E-state index contributed by atoms with van der Waals surface area (Å²) in [5, 5.41) is 1.07. The summed E-state index contributed by atoms with van der Waals surface area (Å²) < 4.78 is 67.8. The Labute approximate surface area is 286 Å². The molecule has 7 rings (SSSR count). The molecule has 0 aliphatic rings. The summed E-state index contributed by atoms with van der Waals surface area (Å²) in [5.74, 6) is -0.598. The van der Waals surface area contributed by atoms with Gasteiger partial charge in [0.15, 0.2) is 0 Å². The first-order valence-electron chi connectivity index (χ1n) is 15.4. The molecule has 0 spiro atoms. The first-order chi connectivity index (χ1) is 23.9. The van der Waals surface area contributed by atoms with Crippen LogP contribution in [0.15, 0.2) is 108 Å². The van der Waals surface area contributed by atoms with Gasteiger partial charge in [0.2, 0.25) is 10.0 Å². The number of aromatic amines is 1. The van der Waals surface area contributed by atoms with Crippen LogP contribution in [0, 0.1) is 11.6 Å². The van der Waals surface area contributed by atoms with Crippen LogP contribution >= 0.6 is 0 Å². The molecule has 0 fully saturated rings. The molecule has 1 amide bonds. The number of nitrogens with zero attached hydrogens (tertiary/aromatic N) is 3. The second kappa shape index (κ2) is 12.5. The molecule has 9 nitrogen and oxygen atoms in total. The van der Waals surface area contributed by atoms with Crippen molar-refractivity contribution in [3.05, 3.63) is 121 Å². The number of anilines is 2. The molecular formula is C38H30F2N4O5S. The van der Waals surface area contributed by atoms with E-state index in [1.807, 2.05) is 12.1 Å². The van der Waals surface area contributed by atoms with Crippen LogP contribution in [0.25, 0.3) is 55.6 Å². The summed E-state index contributed by atoms with van der Waals surface area (Å²) in [4.78, 5) is 23.0. The molecule has 50 heavy (non-hydrogen) atoms. The number of ether oxygens (including phenoxy) is 1. The second-order valence-corrected chi connectivity index (χ2v) is 13.8. The lowest BCUT2D eigenvalue weighted by Crippen LogP contribution is -2.26. The van der Waals surface area contributed by atoms with Crippen LogP contribution in [0.3, 0.4) is 0 Å². The van der Waals surface area contributed by atoms with Gasteiger partial charge in [0.25, 0.3) is 5.91 Å². The summed E-state index contributed by atoms with van der Waals surface area (Å²) in [5.41, 5.74) is 4.30. The summed E-state index contributed by atoms with van der Waals surface area (Å²) in [7, 11) is 0.792. The van der Waals surface area contributed by atoms with Crippen molar-refractivity contribution in [2.45, 2.75) is 0 Å². The molecule has 0 saturated carbocycles. The number of hydrogen-bond acceptors (Lipinski definition) is 6. The third kappa shape index (κ3) is 5.73. The van der Waals surface area contributed by atoms with Crippen molar-refractivity contribution in [1.82, 2.24) is 9.97 Å². The molecule has 12 heteroatoms. The number of amides is 1.